The van der Waals surface area contributed by atoms with Crippen LogP contribution in [0.2, 0.25) is 0 Å². The highest BCUT2D eigenvalue weighted by Gasteiger charge is 2.38. The average molecular weight is 690 g/mol. The molecule has 1 aliphatic rings. The summed E-state index contributed by atoms with van der Waals surface area (Å²) in [5.74, 6) is 0.713. The van der Waals surface area contributed by atoms with Crippen molar-refractivity contribution in [3.05, 3.63) is 187 Å². The standard InChI is InChI=1S/C51H35N3/c1-51(2)43-30-48-42(29-41(43)39-26-25-32-15-9-10-20-35(32)49(39)51)38-23-13-14-24-46(38)54(48)47-28-27-40(36-21-11-12-22-37(36)47)50-52-44(33-16-5-3-6-17-33)31-45(53-50)34-18-7-4-8-19-34/h3-31H,1-2H3. The van der Waals surface area contributed by atoms with E-state index in [0.29, 0.717) is 5.82 Å². The lowest BCUT2D eigenvalue weighted by molar-refractivity contribution is 0.667. The number of benzene rings is 8. The van der Waals surface area contributed by atoms with Crippen molar-refractivity contribution in [2.45, 2.75) is 19.3 Å². The quantitative estimate of drug-likeness (QED) is 0.184. The molecule has 0 saturated carbocycles. The third kappa shape index (κ3) is 4.48. The summed E-state index contributed by atoms with van der Waals surface area (Å²) in [5, 5.41) is 7.41. The van der Waals surface area contributed by atoms with Crippen molar-refractivity contribution in [3.63, 3.8) is 0 Å². The summed E-state index contributed by atoms with van der Waals surface area (Å²) in [5.41, 5.74) is 13.8. The SMILES string of the molecule is CC1(C)c2cc3c(cc2-c2ccc4ccccc4c21)c1ccccc1n3-c1ccc(-c2nc(-c3ccccc3)cc(-c3ccccc3)n2)c2ccccc12. The van der Waals surface area contributed by atoms with Crippen molar-refractivity contribution < 1.29 is 0 Å². The fraction of sp³-hybridized carbons (Fsp3) is 0.0588. The van der Waals surface area contributed by atoms with E-state index in [1.165, 1.54) is 54.8 Å². The van der Waals surface area contributed by atoms with Crippen LogP contribution in [0.3, 0.4) is 0 Å². The second kappa shape index (κ2) is 11.6. The Morgan fingerprint density at radius 1 is 0.426 bits per heavy atom. The zero-order chi connectivity index (χ0) is 36.0. The van der Waals surface area contributed by atoms with Crippen LogP contribution in [-0.4, -0.2) is 14.5 Å². The zero-order valence-corrected chi connectivity index (χ0v) is 30.1. The molecule has 2 heterocycles. The number of aromatic nitrogens is 3. The highest BCUT2D eigenvalue weighted by Crippen LogP contribution is 2.53. The van der Waals surface area contributed by atoms with Crippen molar-refractivity contribution in [2.75, 3.05) is 0 Å². The van der Waals surface area contributed by atoms with Gasteiger partial charge in [0, 0.05) is 38.3 Å². The number of rotatable bonds is 4. The minimum absolute atomic E-state index is 0.162. The van der Waals surface area contributed by atoms with E-state index in [2.05, 4.69) is 182 Å². The summed E-state index contributed by atoms with van der Waals surface area (Å²) >= 11 is 0. The summed E-state index contributed by atoms with van der Waals surface area (Å²) in [7, 11) is 0. The minimum Gasteiger partial charge on any atom is -0.309 e. The van der Waals surface area contributed by atoms with E-state index in [4.69, 9.17) is 9.97 Å². The van der Waals surface area contributed by atoms with E-state index in [9.17, 15) is 0 Å². The Bertz CT molecular complexity index is 3060. The van der Waals surface area contributed by atoms with Crippen LogP contribution in [-0.2, 0) is 5.41 Å². The third-order valence-corrected chi connectivity index (χ3v) is 11.6. The van der Waals surface area contributed by atoms with Gasteiger partial charge in [-0.05, 0) is 74.8 Å². The van der Waals surface area contributed by atoms with Crippen molar-refractivity contribution in [1.29, 1.82) is 0 Å². The van der Waals surface area contributed by atoms with Gasteiger partial charge in [-0.25, -0.2) is 9.97 Å². The summed E-state index contributed by atoms with van der Waals surface area (Å²) in [4.78, 5) is 10.4. The summed E-state index contributed by atoms with van der Waals surface area (Å²) in [6.07, 6.45) is 0. The fourth-order valence-corrected chi connectivity index (χ4v) is 9.07. The van der Waals surface area contributed by atoms with Crippen LogP contribution < -0.4 is 0 Å². The van der Waals surface area contributed by atoms with Crippen molar-refractivity contribution in [2.24, 2.45) is 0 Å². The van der Waals surface area contributed by atoms with Gasteiger partial charge in [0.05, 0.1) is 28.1 Å². The molecule has 8 aromatic carbocycles. The molecule has 254 valence electrons. The van der Waals surface area contributed by atoms with Gasteiger partial charge in [0.25, 0.3) is 0 Å². The molecular formula is C51H35N3. The Morgan fingerprint density at radius 2 is 1.02 bits per heavy atom. The third-order valence-electron chi connectivity index (χ3n) is 11.6. The lowest BCUT2D eigenvalue weighted by Gasteiger charge is -2.23. The maximum Gasteiger partial charge on any atom is 0.161 e. The van der Waals surface area contributed by atoms with Crippen molar-refractivity contribution in [3.8, 4) is 50.7 Å². The van der Waals surface area contributed by atoms with Gasteiger partial charge in [-0.15, -0.1) is 0 Å². The van der Waals surface area contributed by atoms with Crippen LogP contribution in [0.25, 0.3) is 94.1 Å². The molecule has 0 aliphatic heterocycles. The average Bonchev–Trinajstić information content (AvgIpc) is 3.67. The van der Waals surface area contributed by atoms with Gasteiger partial charge in [0.1, 0.15) is 0 Å². The predicted octanol–water partition coefficient (Wildman–Crippen LogP) is 13.2. The highest BCUT2D eigenvalue weighted by molar-refractivity contribution is 6.14. The second-order valence-corrected chi connectivity index (χ2v) is 15.0. The van der Waals surface area contributed by atoms with Gasteiger partial charge in [-0.1, -0.05) is 153 Å². The lowest BCUT2D eigenvalue weighted by atomic mass is 9.80. The Labute approximate surface area is 313 Å². The molecule has 0 spiro atoms. The molecule has 54 heavy (non-hydrogen) atoms. The molecule has 0 saturated heterocycles. The molecule has 0 fully saturated rings. The molecular weight excluding hydrogens is 655 g/mol. The Morgan fingerprint density at radius 3 is 1.74 bits per heavy atom. The first-order valence-corrected chi connectivity index (χ1v) is 18.7. The van der Waals surface area contributed by atoms with Crippen molar-refractivity contribution in [1.82, 2.24) is 14.5 Å². The van der Waals surface area contributed by atoms with Crippen LogP contribution in [0.1, 0.15) is 25.0 Å². The number of para-hydroxylation sites is 1. The first kappa shape index (κ1) is 30.8. The molecule has 0 amide bonds. The normalized spacial score (nSPS) is 13.1. The van der Waals surface area contributed by atoms with E-state index in [1.54, 1.807) is 0 Å². The molecule has 0 unspecified atom stereocenters. The molecule has 0 atom stereocenters. The fourth-order valence-electron chi connectivity index (χ4n) is 9.07. The van der Waals surface area contributed by atoms with Gasteiger partial charge in [0.15, 0.2) is 5.82 Å². The molecule has 0 radical (unpaired) electrons. The molecule has 10 aromatic rings. The minimum atomic E-state index is -0.162. The van der Waals surface area contributed by atoms with Crippen LogP contribution in [0, 0.1) is 0 Å². The van der Waals surface area contributed by atoms with Gasteiger partial charge in [0.2, 0.25) is 0 Å². The summed E-state index contributed by atoms with van der Waals surface area (Å²) < 4.78 is 2.48. The summed E-state index contributed by atoms with van der Waals surface area (Å²) in [6.45, 7) is 4.78. The van der Waals surface area contributed by atoms with Crippen LogP contribution in [0.15, 0.2) is 176 Å². The van der Waals surface area contributed by atoms with E-state index in [0.717, 1.165) is 44.5 Å². The lowest BCUT2D eigenvalue weighted by Crippen LogP contribution is -2.15. The summed E-state index contributed by atoms with van der Waals surface area (Å²) in [6, 6.07) is 63.3. The molecule has 1 aliphatic carbocycles. The van der Waals surface area contributed by atoms with Crippen LogP contribution >= 0.6 is 0 Å². The Kier molecular flexibility index (Phi) is 6.60. The first-order chi connectivity index (χ1) is 26.5. The topological polar surface area (TPSA) is 30.7 Å². The zero-order valence-electron chi connectivity index (χ0n) is 30.1. The van der Waals surface area contributed by atoms with Gasteiger partial charge in [-0.2, -0.15) is 0 Å². The predicted molar refractivity (Wildman–Crippen MR) is 225 cm³/mol. The van der Waals surface area contributed by atoms with E-state index < -0.39 is 0 Å². The molecule has 11 rings (SSSR count). The molecule has 0 N–H and O–H groups in total. The van der Waals surface area contributed by atoms with E-state index >= 15 is 0 Å². The number of hydrogen-bond donors (Lipinski definition) is 0. The Balaban J connectivity index is 1.15. The molecule has 2 aromatic heterocycles. The molecule has 3 nitrogen and oxygen atoms in total. The van der Waals surface area contributed by atoms with Crippen LogP contribution in [0.5, 0.6) is 0 Å². The van der Waals surface area contributed by atoms with Gasteiger partial charge < -0.3 is 4.57 Å². The highest BCUT2D eigenvalue weighted by atomic mass is 15.0. The maximum atomic E-state index is 5.22. The Hall–Kier alpha value is -6.84. The van der Waals surface area contributed by atoms with Gasteiger partial charge >= 0.3 is 0 Å². The molecule has 3 heteroatoms. The van der Waals surface area contributed by atoms with Crippen molar-refractivity contribution >= 4 is 43.4 Å². The number of nitrogens with zero attached hydrogens (tertiary/aromatic N) is 3. The number of hydrogen-bond acceptors (Lipinski definition) is 2. The van der Waals surface area contributed by atoms with Crippen LogP contribution in [0.4, 0.5) is 0 Å². The smallest absolute Gasteiger partial charge is 0.161 e. The van der Waals surface area contributed by atoms with E-state index in [-0.39, 0.29) is 5.41 Å². The monoisotopic (exact) mass is 689 g/mol. The van der Waals surface area contributed by atoms with Gasteiger partial charge in [-0.3, -0.25) is 0 Å². The first-order valence-electron chi connectivity index (χ1n) is 18.7. The maximum absolute atomic E-state index is 5.22. The largest absolute Gasteiger partial charge is 0.309 e. The van der Waals surface area contributed by atoms with E-state index in [1.807, 2.05) is 12.1 Å². The molecule has 0 bridgehead atoms. The second-order valence-electron chi connectivity index (χ2n) is 15.0. The number of fused-ring (bicyclic) bond motifs is 9.